The number of hydrogen-bond donors (Lipinski definition) is 3. The van der Waals surface area contributed by atoms with Crippen molar-refractivity contribution in [3.63, 3.8) is 0 Å². The number of amides is 1. The largest absolute Gasteiger partial charge is 0.481 e. The number of pyridine rings is 1. The molecule has 34 heavy (non-hydrogen) atoms. The second-order valence-electron chi connectivity index (χ2n) is 11.1. The third-order valence-corrected chi connectivity index (χ3v) is 9.57. The van der Waals surface area contributed by atoms with Crippen LogP contribution in [-0.2, 0) is 4.79 Å². The molecule has 0 radical (unpaired) electrons. The van der Waals surface area contributed by atoms with Crippen molar-refractivity contribution in [3.05, 3.63) is 17.7 Å². The molecule has 3 unspecified atom stereocenters. The molecular weight excluding hydrogens is 450 g/mol. The number of aliphatic carboxylic acids is 1. The number of nitrogens with zero attached hydrogens (tertiary/aromatic N) is 2. The van der Waals surface area contributed by atoms with Gasteiger partial charge in [0, 0.05) is 25.6 Å². The highest BCUT2D eigenvalue weighted by molar-refractivity contribution is 7.99. The average Bonchev–Trinajstić information content (AvgIpc) is 2.78. The molecule has 186 valence electrons. The summed E-state index contributed by atoms with van der Waals surface area (Å²) in [5.41, 5.74) is 0.129. The van der Waals surface area contributed by atoms with Crippen LogP contribution in [0.25, 0.3) is 0 Å². The molecule has 1 saturated heterocycles. The van der Waals surface area contributed by atoms with Gasteiger partial charge in [0.05, 0.1) is 11.2 Å². The molecule has 1 aliphatic heterocycles. The highest BCUT2D eigenvalue weighted by Crippen LogP contribution is 2.55. The van der Waals surface area contributed by atoms with Crippen LogP contribution < -0.4 is 10.2 Å². The molecule has 2 heterocycles. The number of hydrogen-bond acceptors (Lipinski definition) is 6. The van der Waals surface area contributed by atoms with Gasteiger partial charge in [-0.3, -0.25) is 9.59 Å². The van der Waals surface area contributed by atoms with E-state index in [0.29, 0.717) is 29.9 Å². The topological polar surface area (TPSA) is 103 Å². The maximum Gasteiger partial charge on any atom is 0.303 e. The number of aliphatic hydroxyl groups is 1. The molecule has 0 aromatic carbocycles. The molecule has 6 rings (SSSR count). The van der Waals surface area contributed by atoms with Gasteiger partial charge in [0.15, 0.2) is 0 Å². The second-order valence-corrected chi connectivity index (χ2v) is 12.2. The molecule has 1 aromatic rings. The van der Waals surface area contributed by atoms with Gasteiger partial charge in [-0.05, 0) is 92.9 Å². The van der Waals surface area contributed by atoms with Crippen molar-refractivity contribution in [2.45, 2.75) is 81.4 Å². The summed E-state index contributed by atoms with van der Waals surface area (Å²) in [5, 5.41) is 24.2. The molecule has 7 nitrogen and oxygen atoms in total. The number of carboxylic acid groups (broad SMARTS) is 1. The molecule has 5 fully saturated rings. The lowest BCUT2D eigenvalue weighted by molar-refractivity contribution is -0.138. The van der Waals surface area contributed by atoms with E-state index in [-0.39, 0.29) is 24.3 Å². The van der Waals surface area contributed by atoms with E-state index in [4.69, 9.17) is 4.98 Å². The summed E-state index contributed by atoms with van der Waals surface area (Å²) < 4.78 is 0. The highest BCUT2D eigenvalue weighted by atomic mass is 32.2. The summed E-state index contributed by atoms with van der Waals surface area (Å²) in [6.45, 7) is 3.68. The van der Waals surface area contributed by atoms with Crippen molar-refractivity contribution in [2.24, 2.45) is 23.7 Å². The Kier molecular flexibility index (Phi) is 6.81. The fraction of sp³-hybridized carbons (Fsp3) is 0.731. The number of nitrogens with one attached hydrogen (secondary N) is 1. The van der Waals surface area contributed by atoms with Gasteiger partial charge in [0.2, 0.25) is 0 Å². The number of carbonyl (C=O) groups is 2. The number of carboxylic acids is 1. The Hall–Kier alpha value is -1.80. The highest BCUT2D eigenvalue weighted by Gasteiger charge is 2.55. The Morgan fingerprint density at radius 3 is 2.68 bits per heavy atom. The first-order valence-electron chi connectivity index (χ1n) is 13.0. The summed E-state index contributed by atoms with van der Waals surface area (Å²) in [7, 11) is 0. The molecular formula is C26H37N3O4S. The lowest BCUT2D eigenvalue weighted by atomic mass is 9.52. The van der Waals surface area contributed by atoms with Crippen molar-refractivity contribution in [2.75, 3.05) is 23.7 Å². The van der Waals surface area contributed by atoms with E-state index >= 15 is 0 Å². The first-order valence-corrected chi connectivity index (χ1v) is 14.0. The molecule has 1 aromatic heterocycles. The molecule has 3 N–H and O–H groups in total. The monoisotopic (exact) mass is 487 g/mol. The Morgan fingerprint density at radius 2 is 2.00 bits per heavy atom. The molecule has 4 saturated carbocycles. The second kappa shape index (κ2) is 9.69. The summed E-state index contributed by atoms with van der Waals surface area (Å²) in [6, 6.07) is 3.97. The summed E-state index contributed by atoms with van der Waals surface area (Å²) >= 11 is 1.62. The smallest absolute Gasteiger partial charge is 0.303 e. The number of carbonyl (C=O) groups excluding carboxylic acids is 1. The minimum absolute atomic E-state index is 0.0514. The van der Waals surface area contributed by atoms with E-state index in [1.807, 2.05) is 12.1 Å². The minimum atomic E-state index is -0.747. The maximum absolute atomic E-state index is 13.5. The third kappa shape index (κ3) is 4.94. The Labute approximate surface area is 206 Å². The SMILES string of the molecule is CCCSc1nc(N2CCCC(CC(=O)O)C2)ccc1C(=O)NC1C2CC3CC1CC(O)(C3)C2. The van der Waals surface area contributed by atoms with Gasteiger partial charge in [0.1, 0.15) is 10.8 Å². The van der Waals surface area contributed by atoms with Crippen LogP contribution in [0.3, 0.4) is 0 Å². The first-order chi connectivity index (χ1) is 16.3. The van der Waals surface area contributed by atoms with Gasteiger partial charge in [-0.25, -0.2) is 4.98 Å². The van der Waals surface area contributed by atoms with E-state index in [0.717, 1.165) is 74.5 Å². The fourth-order valence-electron chi connectivity index (χ4n) is 7.22. The number of aromatic nitrogens is 1. The van der Waals surface area contributed by atoms with Crippen LogP contribution >= 0.6 is 11.8 Å². The van der Waals surface area contributed by atoms with Gasteiger partial charge in [-0.1, -0.05) is 6.92 Å². The Balaban J connectivity index is 1.32. The van der Waals surface area contributed by atoms with Crippen LogP contribution in [0.1, 0.15) is 75.1 Å². The summed E-state index contributed by atoms with van der Waals surface area (Å²) in [5.74, 6) is 2.42. The zero-order chi connectivity index (χ0) is 23.9. The lowest BCUT2D eigenvalue weighted by Gasteiger charge is -2.58. The molecule has 0 spiro atoms. The van der Waals surface area contributed by atoms with E-state index in [1.165, 1.54) is 0 Å². The maximum atomic E-state index is 13.5. The Morgan fingerprint density at radius 1 is 1.24 bits per heavy atom. The number of thioether (sulfide) groups is 1. The number of rotatable bonds is 8. The first kappa shape index (κ1) is 23.9. The van der Waals surface area contributed by atoms with Crippen LogP contribution in [0.15, 0.2) is 17.2 Å². The summed E-state index contributed by atoms with van der Waals surface area (Å²) in [4.78, 5) is 31.7. The van der Waals surface area contributed by atoms with Gasteiger partial charge >= 0.3 is 5.97 Å². The molecule has 3 atom stereocenters. The number of piperidine rings is 1. The standard InChI is InChI=1S/C26H37N3O4S/c1-2-8-34-25-20(5-6-21(27-25)29-7-3-4-16(15-29)11-22(30)31)24(32)28-23-18-9-17-10-19(23)14-26(33,12-17)13-18/h5-6,16-19,23,33H,2-4,7-15H2,1H3,(H,28,32)(H,30,31). The average molecular weight is 488 g/mol. The molecule has 5 aliphatic rings. The van der Waals surface area contributed by atoms with Gasteiger partial charge in [-0.15, -0.1) is 11.8 Å². The normalized spacial score (nSPS) is 34.3. The molecule has 4 bridgehead atoms. The van der Waals surface area contributed by atoms with Crippen molar-refractivity contribution in [1.82, 2.24) is 10.3 Å². The lowest BCUT2D eigenvalue weighted by Crippen LogP contribution is -2.61. The third-order valence-electron chi connectivity index (χ3n) is 8.38. The van der Waals surface area contributed by atoms with E-state index < -0.39 is 11.6 Å². The zero-order valence-electron chi connectivity index (χ0n) is 20.0. The number of anilines is 1. The molecule has 8 heteroatoms. The van der Waals surface area contributed by atoms with Crippen LogP contribution in [-0.4, -0.2) is 57.6 Å². The fourth-order valence-corrected chi connectivity index (χ4v) is 8.09. The van der Waals surface area contributed by atoms with Crippen LogP contribution in [0.5, 0.6) is 0 Å². The van der Waals surface area contributed by atoms with E-state index in [9.17, 15) is 19.8 Å². The van der Waals surface area contributed by atoms with Gasteiger partial charge in [0.25, 0.3) is 5.91 Å². The van der Waals surface area contributed by atoms with Gasteiger partial charge < -0.3 is 20.4 Å². The molecule has 1 amide bonds. The quantitative estimate of drug-likeness (QED) is 0.477. The van der Waals surface area contributed by atoms with Gasteiger partial charge in [-0.2, -0.15) is 0 Å². The predicted octanol–water partition coefficient (Wildman–Crippen LogP) is 3.94. The zero-order valence-corrected chi connectivity index (χ0v) is 20.9. The molecule has 4 aliphatic carbocycles. The van der Waals surface area contributed by atoms with E-state index in [2.05, 4.69) is 17.1 Å². The van der Waals surface area contributed by atoms with Crippen LogP contribution in [0.2, 0.25) is 0 Å². The van der Waals surface area contributed by atoms with Crippen molar-refractivity contribution < 1.29 is 19.8 Å². The van der Waals surface area contributed by atoms with Crippen molar-refractivity contribution in [1.29, 1.82) is 0 Å². The van der Waals surface area contributed by atoms with Crippen molar-refractivity contribution in [3.8, 4) is 0 Å². The van der Waals surface area contributed by atoms with Crippen LogP contribution in [0, 0.1) is 23.7 Å². The van der Waals surface area contributed by atoms with Crippen LogP contribution in [0.4, 0.5) is 5.82 Å². The Bertz CT molecular complexity index is 925. The minimum Gasteiger partial charge on any atom is -0.481 e. The van der Waals surface area contributed by atoms with E-state index in [1.54, 1.807) is 11.8 Å². The summed E-state index contributed by atoms with van der Waals surface area (Å²) in [6.07, 6.45) is 7.86. The predicted molar refractivity (Wildman–Crippen MR) is 132 cm³/mol. The van der Waals surface area contributed by atoms with Crippen molar-refractivity contribution >= 4 is 29.5 Å².